The monoisotopic (exact) mass is 338 g/mol. The van der Waals surface area contributed by atoms with Crippen molar-refractivity contribution in [1.82, 2.24) is 4.90 Å². The maximum absolute atomic E-state index is 13.8. The average molecular weight is 338 g/mol. The van der Waals surface area contributed by atoms with Crippen molar-refractivity contribution in [3.8, 4) is 0 Å². The van der Waals surface area contributed by atoms with Crippen LogP contribution in [-0.4, -0.2) is 35.3 Å². The molecule has 0 aliphatic carbocycles. The second kappa shape index (κ2) is 5.99. The van der Waals surface area contributed by atoms with Crippen LogP contribution in [0.5, 0.6) is 0 Å². The third-order valence-corrected chi connectivity index (χ3v) is 5.07. The number of nitrogens with zero attached hydrogens (tertiary/aromatic N) is 2. The lowest BCUT2D eigenvalue weighted by Crippen LogP contribution is -2.52. The normalized spacial score (nSPS) is 21.9. The zero-order valence-electron chi connectivity index (χ0n) is 14.0. The lowest BCUT2D eigenvalue weighted by atomic mass is 10.1. The largest absolute Gasteiger partial charge is 0.328 e. The molecular formula is C20H19FN2O2. The van der Waals surface area contributed by atoms with Gasteiger partial charge in [0.1, 0.15) is 11.9 Å². The van der Waals surface area contributed by atoms with E-state index in [9.17, 15) is 14.0 Å². The maximum Gasteiger partial charge on any atom is 0.250 e. The number of fused-ring (bicyclic) bond motifs is 2. The second-order valence-electron chi connectivity index (χ2n) is 6.77. The molecule has 0 spiro atoms. The number of benzene rings is 2. The number of halogens is 1. The topological polar surface area (TPSA) is 40.6 Å². The molecule has 2 aromatic rings. The third-order valence-electron chi connectivity index (χ3n) is 5.07. The number of carbonyl (C=O) groups excluding carboxylic acids is 2. The molecule has 2 fully saturated rings. The molecule has 5 heteroatoms. The standard InChI is InChI=1S/C20H19FN2O2/c1-13-5-4-7-15(9-13)23-16-11-18(20(23)25)22(12-16)19(24)10-14-6-2-3-8-17(14)21/h2-9,16,18H,10-12H2,1H3/t16-,18-/m0/s1. The van der Waals surface area contributed by atoms with Gasteiger partial charge >= 0.3 is 0 Å². The quantitative estimate of drug-likeness (QED) is 0.863. The van der Waals surface area contributed by atoms with Crippen molar-refractivity contribution in [3.05, 3.63) is 65.5 Å². The first-order valence-corrected chi connectivity index (χ1v) is 8.47. The van der Waals surface area contributed by atoms with Crippen LogP contribution in [-0.2, 0) is 16.0 Å². The fraction of sp³-hybridized carbons (Fsp3) is 0.300. The summed E-state index contributed by atoms with van der Waals surface area (Å²) in [6, 6.07) is 13.7. The Morgan fingerprint density at radius 3 is 2.72 bits per heavy atom. The molecule has 0 radical (unpaired) electrons. The first-order valence-electron chi connectivity index (χ1n) is 8.47. The number of aryl methyl sites for hydroxylation is 1. The third kappa shape index (κ3) is 2.69. The molecule has 2 heterocycles. The first-order chi connectivity index (χ1) is 12.0. The highest BCUT2D eigenvalue weighted by Crippen LogP contribution is 2.36. The minimum atomic E-state index is -0.426. The number of rotatable bonds is 3. The highest BCUT2D eigenvalue weighted by atomic mass is 19.1. The van der Waals surface area contributed by atoms with Crippen LogP contribution < -0.4 is 4.90 Å². The lowest BCUT2D eigenvalue weighted by Gasteiger charge is -2.34. The minimum absolute atomic E-state index is 0.00358. The van der Waals surface area contributed by atoms with Gasteiger partial charge in [-0.25, -0.2) is 4.39 Å². The summed E-state index contributed by atoms with van der Waals surface area (Å²) in [5, 5.41) is 0. The zero-order valence-corrected chi connectivity index (χ0v) is 14.0. The molecule has 2 atom stereocenters. The fourth-order valence-electron chi connectivity index (χ4n) is 3.87. The molecule has 2 aliphatic rings. The van der Waals surface area contributed by atoms with E-state index in [0.717, 1.165) is 11.3 Å². The molecule has 2 aromatic carbocycles. The van der Waals surface area contributed by atoms with Gasteiger partial charge in [0.15, 0.2) is 0 Å². The summed E-state index contributed by atoms with van der Waals surface area (Å²) in [6.45, 7) is 2.50. The van der Waals surface area contributed by atoms with Crippen molar-refractivity contribution in [2.24, 2.45) is 0 Å². The van der Waals surface area contributed by atoms with Gasteiger partial charge < -0.3 is 9.80 Å². The molecule has 4 rings (SSSR count). The Bertz CT molecular complexity index is 851. The van der Waals surface area contributed by atoms with E-state index in [1.165, 1.54) is 6.07 Å². The van der Waals surface area contributed by atoms with Gasteiger partial charge in [-0.3, -0.25) is 9.59 Å². The number of amides is 2. The van der Waals surface area contributed by atoms with Gasteiger partial charge in [-0.1, -0.05) is 30.3 Å². The molecule has 2 bridgehead atoms. The van der Waals surface area contributed by atoms with E-state index in [1.54, 1.807) is 23.1 Å². The fourth-order valence-corrected chi connectivity index (χ4v) is 3.87. The number of hydrogen-bond donors (Lipinski definition) is 0. The van der Waals surface area contributed by atoms with Crippen molar-refractivity contribution >= 4 is 17.5 Å². The van der Waals surface area contributed by atoms with E-state index in [4.69, 9.17) is 0 Å². The van der Waals surface area contributed by atoms with Gasteiger partial charge in [-0.2, -0.15) is 0 Å². The molecule has 2 saturated heterocycles. The molecule has 128 valence electrons. The molecule has 0 saturated carbocycles. The van der Waals surface area contributed by atoms with Crippen LogP contribution >= 0.6 is 0 Å². The van der Waals surface area contributed by atoms with Gasteiger partial charge in [-0.15, -0.1) is 0 Å². The van der Waals surface area contributed by atoms with E-state index in [1.807, 2.05) is 36.1 Å². The number of likely N-dealkylation sites (tertiary alicyclic amines) is 1. The van der Waals surface area contributed by atoms with Crippen LogP contribution in [0, 0.1) is 12.7 Å². The summed E-state index contributed by atoms with van der Waals surface area (Å²) >= 11 is 0. The predicted molar refractivity (Wildman–Crippen MR) is 92.7 cm³/mol. The van der Waals surface area contributed by atoms with Crippen LogP contribution in [0.4, 0.5) is 10.1 Å². The van der Waals surface area contributed by atoms with Crippen LogP contribution in [0.2, 0.25) is 0 Å². The van der Waals surface area contributed by atoms with Gasteiger partial charge in [0.2, 0.25) is 11.8 Å². The Labute approximate surface area is 145 Å². The van der Waals surface area contributed by atoms with E-state index in [2.05, 4.69) is 0 Å². The van der Waals surface area contributed by atoms with Crippen molar-refractivity contribution in [2.45, 2.75) is 31.8 Å². The van der Waals surface area contributed by atoms with Crippen LogP contribution in [0.15, 0.2) is 48.5 Å². The molecule has 2 aliphatic heterocycles. The van der Waals surface area contributed by atoms with Crippen LogP contribution in [0.1, 0.15) is 17.5 Å². The maximum atomic E-state index is 13.8. The van der Waals surface area contributed by atoms with E-state index in [0.29, 0.717) is 18.5 Å². The van der Waals surface area contributed by atoms with Crippen LogP contribution in [0.25, 0.3) is 0 Å². The molecular weight excluding hydrogens is 319 g/mol. The predicted octanol–water partition coefficient (Wildman–Crippen LogP) is 2.69. The van der Waals surface area contributed by atoms with Gasteiger partial charge in [0.25, 0.3) is 0 Å². The SMILES string of the molecule is Cc1cccc(N2C(=O)[C@@H]3C[C@H]2CN3C(=O)Cc2ccccc2F)c1. The number of piperazine rings is 1. The minimum Gasteiger partial charge on any atom is -0.328 e. The Morgan fingerprint density at radius 1 is 1.20 bits per heavy atom. The lowest BCUT2D eigenvalue weighted by molar-refractivity contribution is -0.137. The van der Waals surface area contributed by atoms with Gasteiger partial charge in [0.05, 0.1) is 12.5 Å². The summed E-state index contributed by atoms with van der Waals surface area (Å²) in [4.78, 5) is 28.8. The number of hydrogen-bond acceptors (Lipinski definition) is 2. The first kappa shape index (κ1) is 15.8. The van der Waals surface area contributed by atoms with Gasteiger partial charge in [0, 0.05) is 12.2 Å². The Kier molecular flexibility index (Phi) is 3.79. The molecule has 4 nitrogen and oxygen atoms in total. The molecule has 0 N–H and O–H groups in total. The average Bonchev–Trinajstić information content (AvgIpc) is 3.15. The molecule has 0 aromatic heterocycles. The van der Waals surface area contributed by atoms with E-state index in [-0.39, 0.29) is 30.1 Å². The molecule has 25 heavy (non-hydrogen) atoms. The zero-order chi connectivity index (χ0) is 17.6. The van der Waals surface area contributed by atoms with Crippen molar-refractivity contribution in [1.29, 1.82) is 0 Å². The number of carbonyl (C=O) groups is 2. The highest BCUT2D eigenvalue weighted by Gasteiger charge is 2.51. The highest BCUT2D eigenvalue weighted by molar-refractivity contribution is 6.03. The summed E-state index contributed by atoms with van der Waals surface area (Å²) in [5.74, 6) is -0.605. The van der Waals surface area contributed by atoms with Crippen molar-refractivity contribution < 1.29 is 14.0 Å². The second-order valence-corrected chi connectivity index (χ2v) is 6.77. The van der Waals surface area contributed by atoms with Crippen molar-refractivity contribution in [2.75, 3.05) is 11.4 Å². The van der Waals surface area contributed by atoms with E-state index >= 15 is 0 Å². The summed E-state index contributed by atoms with van der Waals surface area (Å²) in [6.07, 6.45) is 0.642. The summed E-state index contributed by atoms with van der Waals surface area (Å²) < 4.78 is 13.8. The van der Waals surface area contributed by atoms with Crippen LogP contribution in [0.3, 0.4) is 0 Å². The Morgan fingerprint density at radius 2 is 2.00 bits per heavy atom. The summed E-state index contributed by atoms with van der Waals surface area (Å²) in [5.41, 5.74) is 2.36. The Balaban J connectivity index is 1.51. The molecule has 2 amide bonds. The Hall–Kier alpha value is -2.69. The van der Waals surface area contributed by atoms with E-state index < -0.39 is 6.04 Å². The smallest absolute Gasteiger partial charge is 0.250 e. The molecule has 0 unspecified atom stereocenters. The summed E-state index contributed by atoms with van der Waals surface area (Å²) in [7, 11) is 0. The number of anilines is 1. The van der Waals surface area contributed by atoms with Crippen molar-refractivity contribution in [3.63, 3.8) is 0 Å². The van der Waals surface area contributed by atoms with Gasteiger partial charge in [-0.05, 0) is 42.7 Å².